The third-order valence-corrected chi connectivity index (χ3v) is 5.16. The second-order valence-electron chi connectivity index (χ2n) is 7.54. The normalized spacial score (nSPS) is 12.3. The van der Waals surface area contributed by atoms with Gasteiger partial charge in [-0.3, -0.25) is 5.10 Å². The molecule has 0 bridgehead atoms. The van der Waals surface area contributed by atoms with Crippen molar-refractivity contribution in [1.82, 2.24) is 20.2 Å². The molecule has 154 valence electrons. The molecule has 2 N–H and O–H groups in total. The Balaban J connectivity index is 1.81. The van der Waals surface area contributed by atoms with E-state index in [2.05, 4.69) is 45.4 Å². The zero-order chi connectivity index (χ0) is 21.3. The Kier molecular flexibility index (Phi) is 5.35. The molecule has 0 radical (unpaired) electrons. The number of nitrogens with zero attached hydrogens (tertiary/aromatic N) is 3. The predicted molar refractivity (Wildman–Crippen MR) is 116 cm³/mol. The molecule has 0 spiro atoms. The van der Waals surface area contributed by atoms with Crippen LogP contribution in [0.15, 0.2) is 48.8 Å². The molecule has 2 heterocycles. The van der Waals surface area contributed by atoms with Gasteiger partial charge in [0.25, 0.3) is 0 Å². The highest BCUT2D eigenvalue weighted by atomic mass is 19.1. The number of ether oxygens (including phenoxy) is 1. The molecule has 1 unspecified atom stereocenters. The van der Waals surface area contributed by atoms with Crippen LogP contribution in [0.5, 0.6) is 5.75 Å². The molecule has 0 amide bonds. The Morgan fingerprint density at radius 1 is 1.03 bits per heavy atom. The van der Waals surface area contributed by atoms with E-state index in [0.29, 0.717) is 23.0 Å². The number of nitrogens with one attached hydrogen (secondary N) is 2. The highest BCUT2D eigenvalue weighted by molar-refractivity contribution is 6.04. The highest BCUT2D eigenvalue weighted by Crippen LogP contribution is 2.37. The van der Waals surface area contributed by atoms with Gasteiger partial charge >= 0.3 is 0 Å². The highest BCUT2D eigenvalue weighted by Gasteiger charge is 2.18. The van der Waals surface area contributed by atoms with Gasteiger partial charge in [-0.15, -0.1) is 0 Å². The number of H-pyrrole nitrogens is 1. The van der Waals surface area contributed by atoms with Gasteiger partial charge in [0.15, 0.2) is 0 Å². The molecular weight excluding hydrogens is 381 g/mol. The summed E-state index contributed by atoms with van der Waals surface area (Å²) in [4.78, 5) is 8.96. The number of rotatable bonds is 6. The van der Waals surface area contributed by atoms with E-state index >= 15 is 0 Å². The van der Waals surface area contributed by atoms with Gasteiger partial charge in [0.1, 0.15) is 29.2 Å². The molecule has 0 aliphatic heterocycles. The molecule has 2 aromatic heterocycles. The third kappa shape index (κ3) is 3.70. The lowest BCUT2D eigenvalue weighted by Crippen LogP contribution is -2.09. The second kappa shape index (κ2) is 8.10. The number of hydrogen-bond donors (Lipinski definition) is 2. The van der Waals surface area contributed by atoms with Crippen molar-refractivity contribution in [2.24, 2.45) is 0 Å². The van der Waals surface area contributed by atoms with Crippen LogP contribution in [0.25, 0.3) is 22.0 Å². The number of halogens is 1. The molecule has 0 fully saturated rings. The molecule has 0 aliphatic carbocycles. The molecule has 4 aromatic rings. The van der Waals surface area contributed by atoms with E-state index in [1.165, 1.54) is 18.5 Å². The van der Waals surface area contributed by atoms with Crippen LogP contribution in [-0.2, 0) is 0 Å². The summed E-state index contributed by atoms with van der Waals surface area (Å²) < 4.78 is 19.0. The first kappa shape index (κ1) is 19.8. The van der Waals surface area contributed by atoms with Crippen molar-refractivity contribution >= 4 is 16.7 Å². The number of benzene rings is 2. The van der Waals surface area contributed by atoms with Gasteiger partial charge in [-0.1, -0.05) is 26.0 Å². The molecule has 1 atom stereocenters. The van der Waals surface area contributed by atoms with E-state index in [1.54, 1.807) is 19.2 Å². The van der Waals surface area contributed by atoms with Gasteiger partial charge in [0.2, 0.25) is 0 Å². The Bertz CT molecular complexity index is 1170. The van der Waals surface area contributed by atoms with E-state index in [-0.39, 0.29) is 11.9 Å². The molecule has 4 rings (SSSR count). The van der Waals surface area contributed by atoms with Crippen molar-refractivity contribution < 1.29 is 9.13 Å². The summed E-state index contributed by atoms with van der Waals surface area (Å²) in [5, 5.41) is 11.8. The molecule has 7 heteroatoms. The topological polar surface area (TPSA) is 75.7 Å². The summed E-state index contributed by atoms with van der Waals surface area (Å²) in [5.41, 5.74) is 4.44. The van der Waals surface area contributed by atoms with Crippen LogP contribution < -0.4 is 10.1 Å². The van der Waals surface area contributed by atoms with E-state index in [0.717, 1.165) is 27.9 Å². The first-order valence-electron chi connectivity index (χ1n) is 9.87. The first-order valence-corrected chi connectivity index (χ1v) is 9.87. The van der Waals surface area contributed by atoms with Gasteiger partial charge in [-0.2, -0.15) is 5.10 Å². The summed E-state index contributed by atoms with van der Waals surface area (Å²) in [5.74, 6) is 1.39. The fraction of sp³-hybridized carbons (Fsp3) is 0.261. The third-order valence-electron chi connectivity index (χ3n) is 5.16. The zero-order valence-corrected chi connectivity index (χ0v) is 17.4. The van der Waals surface area contributed by atoms with Crippen LogP contribution in [0.2, 0.25) is 0 Å². The number of anilines is 1. The van der Waals surface area contributed by atoms with E-state index in [4.69, 9.17) is 4.74 Å². The van der Waals surface area contributed by atoms with Gasteiger partial charge in [-0.05, 0) is 54.3 Å². The number of hydrogen-bond acceptors (Lipinski definition) is 5. The van der Waals surface area contributed by atoms with Crippen molar-refractivity contribution in [2.75, 3.05) is 12.4 Å². The van der Waals surface area contributed by atoms with Crippen molar-refractivity contribution in [3.05, 3.63) is 66.0 Å². The molecule has 0 aliphatic rings. The summed E-state index contributed by atoms with van der Waals surface area (Å²) in [7, 11) is 1.61. The number of methoxy groups -OCH3 is 1. The first-order chi connectivity index (χ1) is 14.5. The van der Waals surface area contributed by atoms with Gasteiger partial charge in [0.05, 0.1) is 29.9 Å². The van der Waals surface area contributed by atoms with Crippen LogP contribution in [-0.4, -0.2) is 27.3 Å². The number of fused-ring (bicyclic) bond motifs is 1. The fourth-order valence-corrected chi connectivity index (χ4v) is 3.45. The maximum Gasteiger partial charge on any atom is 0.145 e. The average Bonchev–Trinajstić information content (AvgIpc) is 3.25. The van der Waals surface area contributed by atoms with E-state index in [9.17, 15) is 4.39 Å². The summed E-state index contributed by atoms with van der Waals surface area (Å²) in [6.07, 6.45) is 1.51. The van der Waals surface area contributed by atoms with Gasteiger partial charge in [0, 0.05) is 0 Å². The van der Waals surface area contributed by atoms with Gasteiger partial charge < -0.3 is 10.1 Å². The second-order valence-corrected chi connectivity index (χ2v) is 7.54. The quantitative estimate of drug-likeness (QED) is 0.445. The minimum Gasteiger partial charge on any atom is -0.494 e. The predicted octanol–water partition coefficient (Wildman–Crippen LogP) is 5.46. The number of aromatic amines is 1. The molecule has 6 nitrogen and oxygen atoms in total. The lowest BCUT2D eigenvalue weighted by molar-refractivity contribution is 0.419. The fourth-order valence-electron chi connectivity index (χ4n) is 3.45. The average molecular weight is 405 g/mol. The van der Waals surface area contributed by atoms with Crippen LogP contribution in [0.1, 0.15) is 44.1 Å². The van der Waals surface area contributed by atoms with E-state index in [1.807, 2.05) is 19.1 Å². The molecule has 2 aromatic carbocycles. The summed E-state index contributed by atoms with van der Waals surface area (Å²) in [6.45, 7) is 6.26. The summed E-state index contributed by atoms with van der Waals surface area (Å²) >= 11 is 0. The Hall–Kier alpha value is -3.48. The molecular formula is C23H24FN5O. The van der Waals surface area contributed by atoms with Crippen molar-refractivity contribution in [2.45, 2.75) is 32.7 Å². The monoisotopic (exact) mass is 405 g/mol. The zero-order valence-electron chi connectivity index (χ0n) is 17.4. The SMILES string of the molecule is COc1ccc(-c2ccc(F)cc2)c2c(NC(C)c3cc(C(C)C)n[nH]3)ncnc12. The lowest BCUT2D eigenvalue weighted by atomic mass is 10.00. The van der Waals surface area contributed by atoms with Crippen molar-refractivity contribution in [3.63, 3.8) is 0 Å². The van der Waals surface area contributed by atoms with Crippen molar-refractivity contribution in [1.29, 1.82) is 0 Å². The molecule has 0 saturated heterocycles. The summed E-state index contributed by atoms with van der Waals surface area (Å²) in [6, 6.07) is 12.2. The van der Waals surface area contributed by atoms with Crippen LogP contribution in [0.3, 0.4) is 0 Å². The maximum atomic E-state index is 13.5. The Morgan fingerprint density at radius 3 is 2.47 bits per heavy atom. The van der Waals surface area contributed by atoms with E-state index < -0.39 is 0 Å². The molecule has 30 heavy (non-hydrogen) atoms. The van der Waals surface area contributed by atoms with Crippen LogP contribution >= 0.6 is 0 Å². The smallest absolute Gasteiger partial charge is 0.145 e. The Labute approximate surface area is 174 Å². The van der Waals surface area contributed by atoms with Gasteiger partial charge in [-0.25, -0.2) is 14.4 Å². The van der Waals surface area contributed by atoms with Crippen LogP contribution in [0, 0.1) is 5.82 Å². The Morgan fingerprint density at radius 2 is 1.80 bits per heavy atom. The minimum atomic E-state index is -0.278. The standard InChI is InChI=1S/C23H24FN5O/c1-13(2)18-11-19(29-28-18)14(3)27-23-21-17(15-5-7-16(24)8-6-15)9-10-20(30-4)22(21)25-12-26-23/h5-14H,1-4H3,(H,28,29)(H,25,26,27). The number of aromatic nitrogens is 4. The van der Waals surface area contributed by atoms with Crippen LogP contribution in [0.4, 0.5) is 10.2 Å². The largest absolute Gasteiger partial charge is 0.494 e. The van der Waals surface area contributed by atoms with Crippen molar-refractivity contribution in [3.8, 4) is 16.9 Å². The molecule has 0 saturated carbocycles. The lowest BCUT2D eigenvalue weighted by Gasteiger charge is -2.17. The minimum absolute atomic E-state index is 0.0598. The maximum absolute atomic E-state index is 13.5.